The van der Waals surface area contributed by atoms with Gasteiger partial charge in [-0.05, 0) is 22.0 Å². The van der Waals surface area contributed by atoms with Crippen molar-refractivity contribution in [3.05, 3.63) is 20.8 Å². The number of hydrogen-bond donors (Lipinski definition) is 0. The number of halogens is 1. The maximum Gasteiger partial charge on any atom is 0.328 e. The fourth-order valence-corrected chi connectivity index (χ4v) is 3.43. The van der Waals surface area contributed by atoms with Gasteiger partial charge in [-0.15, -0.1) is 11.3 Å². The SMILES string of the molecule is COC(=O)C(c1cc(Br)cs1)N1CCOCC1. The van der Waals surface area contributed by atoms with Gasteiger partial charge in [-0.25, -0.2) is 4.79 Å². The molecule has 0 aliphatic carbocycles. The molecule has 1 fully saturated rings. The normalized spacial score (nSPS) is 18.9. The van der Waals surface area contributed by atoms with Crippen molar-refractivity contribution < 1.29 is 14.3 Å². The Hall–Kier alpha value is -0.430. The Morgan fingerprint density at radius 2 is 2.29 bits per heavy atom. The molecule has 1 atom stereocenters. The molecule has 1 aliphatic heterocycles. The van der Waals surface area contributed by atoms with Gasteiger partial charge in [0.25, 0.3) is 0 Å². The van der Waals surface area contributed by atoms with Gasteiger partial charge in [-0.3, -0.25) is 4.90 Å². The van der Waals surface area contributed by atoms with E-state index in [1.807, 2.05) is 11.4 Å². The predicted molar refractivity (Wildman–Crippen MR) is 69.2 cm³/mol. The van der Waals surface area contributed by atoms with Crippen LogP contribution in [0.3, 0.4) is 0 Å². The molecule has 1 saturated heterocycles. The minimum Gasteiger partial charge on any atom is -0.468 e. The van der Waals surface area contributed by atoms with Gasteiger partial charge < -0.3 is 9.47 Å². The maximum absolute atomic E-state index is 11.9. The van der Waals surface area contributed by atoms with Gasteiger partial charge in [0.05, 0.1) is 20.3 Å². The van der Waals surface area contributed by atoms with E-state index >= 15 is 0 Å². The molecular weight excluding hydrogens is 306 g/mol. The van der Waals surface area contributed by atoms with E-state index in [-0.39, 0.29) is 12.0 Å². The second-order valence-electron chi connectivity index (χ2n) is 3.74. The molecule has 2 heterocycles. The average Bonchev–Trinajstić information content (AvgIpc) is 2.77. The van der Waals surface area contributed by atoms with E-state index in [0.717, 1.165) is 22.4 Å². The highest BCUT2D eigenvalue weighted by Gasteiger charge is 2.30. The second-order valence-corrected chi connectivity index (χ2v) is 5.60. The third-order valence-electron chi connectivity index (χ3n) is 2.69. The summed E-state index contributed by atoms with van der Waals surface area (Å²) in [6.07, 6.45) is 0. The van der Waals surface area contributed by atoms with Crippen LogP contribution in [0.1, 0.15) is 10.9 Å². The first-order valence-electron chi connectivity index (χ1n) is 5.36. The van der Waals surface area contributed by atoms with E-state index in [4.69, 9.17) is 9.47 Å². The molecule has 0 bridgehead atoms. The van der Waals surface area contributed by atoms with Crippen LogP contribution in [0, 0.1) is 0 Å². The Kier molecular flexibility index (Phi) is 4.55. The summed E-state index contributed by atoms with van der Waals surface area (Å²) >= 11 is 4.98. The van der Waals surface area contributed by atoms with E-state index in [2.05, 4.69) is 20.8 Å². The summed E-state index contributed by atoms with van der Waals surface area (Å²) in [6.45, 7) is 2.85. The van der Waals surface area contributed by atoms with Crippen molar-refractivity contribution in [2.45, 2.75) is 6.04 Å². The van der Waals surface area contributed by atoms with Gasteiger partial charge in [-0.2, -0.15) is 0 Å². The summed E-state index contributed by atoms with van der Waals surface area (Å²) in [5.41, 5.74) is 0. The summed E-state index contributed by atoms with van der Waals surface area (Å²) in [6, 6.07) is 1.67. The van der Waals surface area contributed by atoms with E-state index in [0.29, 0.717) is 13.2 Å². The topological polar surface area (TPSA) is 38.8 Å². The number of esters is 1. The van der Waals surface area contributed by atoms with Gasteiger partial charge >= 0.3 is 5.97 Å². The van der Waals surface area contributed by atoms with E-state index in [9.17, 15) is 4.79 Å². The Bertz CT molecular complexity index is 390. The molecule has 0 amide bonds. The molecule has 1 aromatic heterocycles. The largest absolute Gasteiger partial charge is 0.468 e. The fraction of sp³-hybridized carbons (Fsp3) is 0.545. The van der Waals surface area contributed by atoms with Crippen molar-refractivity contribution in [3.63, 3.8) is 0 Å². The highest BCUT2D eigenvalue weighted by atomic mass is 79.9. The molecule has 1 unspecified atom stereocenters. The Morgan fingerprint density at radius 3 is 2.82 bits per heavy atom. The fourth-order valence-electron chi connectivity index (χ4n) is 1.86. The molecule has 0 aromatic carbocycles. The number of carbonyl (C=O) groups is 1. The summed E-state index contributed by atoms with van der Waals surface area (Å²) in [5.74, 6) is -0.207. The van der Waals surface area contributed by atoms with Gasteiger partial charge in [0.2, 0.25) is 0 Å². The third kappa shape index (κ3) is 3.07. The quantitative estimate of drug-likeness (QED) is 0.799. The molecule has 6 heteroatoms. The molecule has 17 heavy (non-hydrogen) atoms. The van der Waals surface area contributed by atoms with Gasteiger partial charge in [0.15, 0.2) is 0 Å². The predicted octanol–water partition coefficient (Wildman–Crippen LogP) is 2.06. The highest BCUT2D eigenvalue weighted by Crippen LogP contribution is 2.30. The van der Waals surface area contributed by atoms with Crippen LogP contribution in [0.5, 0.6) is 0 Å². The summed E-state index contributed by atoms with van der Waals surface area (Å²) in [4.78, 5) is 15.0. The van der Waals surface area contributed by atoms with Gasteiger partial charge in [-0.1, -0.05) is 0 Å². The number of methoxy groups -OCH3 is 1. The minimum absolute atomic E-state index is 0.207. The smallest absolute Gasteiger partial charge is 0.328 e. The van der Waals surface area contributed by atoms with Crippen molar-refractivity contribution in [2.75, 3.05) is 33.4 Å². The van der Waals surface area contributed by atoms with Crippen molar-refractivity contribution in [1.29, 1.82) is 0 Å². The highest BCUT2D eigenvalue weighted by molar-refractivity contribution is 9.10. The number of nitrogens with zero attached hydrogens (tertiary/aromatic N) is 1. The number of hydrogen-bond acceptors (Lipinski definition) is 5. The standard InChI is InChI=1S/C11H14BrNO3S/c1-15-11(14)10(9-6-8(12)7-17-9)13-2-4-16-5-3-13/h6-7,10H,2-5H2,1H3. The first-order chi connectivity index (χ1) is 8.22. The van der Waals surface area contributed by atoms with Gasteiger partial charge in [0.1, 0.15) is 6.04 Å². The van der Waals surface area contributed by atoms with Crippen LogP contribution in [0.4, 0.5) is 0 Å². The third-order valence-corrected chi connectivity index (χ3v) is 4.44. The van der Waals surface area contributed by atoms with Crippen molar-refractivity contribution in [2.24, 2.45) is 0 Å². The summed E-state index contributed by atoms with van der Waals surface area (Å²) in [7, 11) is 1.43. The first-order valence-corrected chi connectivity index (χ1v) is 7.03. The molecule has 0 spiro atoms. The number of ether oxygens (including phenoxy) is 2. The van der Waals surface area contributed by atoms with Crippen molar-refractivity contribution in [1.82, 2.24) is 4.90 Å². The number of morpholine rings is 1. The van der Waals surface area contributed by atoms with Crippen LogP contribution < -0.4 is 0 Å². The monoisotopic (exact) mass is 319 g/mol. The molecule has 4 nitrogen and oxygen atoms in total. The molecule has 1 aromatic rings. The first kappa shape index (κ1) is 13.0. The van der Waals surface area contributed by atoms with Crippen molar-refractivity contribution in [3.8, 4) is 0 Å². The molecule has 0 N–H and O–H groups in total. The van der Waals surface area contributed by atoms with E-state index < -0.39 is 0 Å². The zero-order valence-corrected chi connectivity index (χ0v) is 11.9. The molecular formula is C11H14BrNO3S. The van der Waals surface area contributed by atoms with Crippen LogP contribution in [-0.2, 0) is 14.3 Å². The Morgan fingerprint density at radius 1 is 1.59 bits per heavy atom. The van der Waals surface area contributed by atoms with E-state index in [1.54, 1.807) is 11.3 Å². The second kappa shape index (κ2) is 5.95. The van der Waals surface area contributed by atoms with Crippen LogP contribution in [0.25, 0.3) is 0 Å². The van der Waals surface area contributed by atoms with Crippen molar-refractivity contribution >= 4 is 33.2 Å². The number of thiophene rings is 1. The molecule has 0 saturated carbocycles. The lowest BCUT2D eigenvalue weighted by atomic mass is 10.2. The van der Waals surface area contributed by atoms with Gasteiger partial charge in [0, 0.05) is 27.8 Å². The van der Waals surface area contributed by atoms with Crippen LogP contribution in [0.15, 0.2) is 15.9 Å². The number of rotatable bonds is 3. The maximum atomic E-state index is 11.9. The zero-order valence-electron chi connectivity index (χ0n) is 9.52. The van der Waals surface area contributed by atoms with Crippen LogP contribution in [-0.4, -0.2) is 44.3 Å². The lowest BCUT2D eigenvalue weighted by molar-refractivity contribution is -0.149. The molecule has 0 radical (unpaired) electrons. The summed E-state index contributed by atoms with van der Waals surface area (Å²) in [5, 5.41) is 1.98. The Labute approximate surface area is 113 Å². The van der Waals surface area contributed by atoms with Crippen LogP contribution >= 0.6 is 27.3 Å². The Balaban J connectivity index is 2.21. The number of carbonyl (C=O) groups excluding carboxylic acids is 1. The van der Waals surface area contributed by atoms with Crippen LogP contribution in [0.2, 0.25) is 0 Å². The molecule has 1 aliphatic rings. The average molecular weight is 320 g/mol. The summed E-state index contributed by atoms with van der Waals surface area (Å²) < 4.78 is 11.2. The molecule has 94 valence electrons. The molecule has 2 rings (SSSR count). The zero-order chi connectivity index (χ0) is 12.3. The van der Waals surface area contributed by atoms with E-state index in [1.165, 1.54) is 7.11 Å². The lowest BCUT2D eigenvalue weighted by Gasteiger charge is -2.32. The lowest BCUT2D eigenvalue weighted by Crippen LogP contribution is -2.42. The minimum atomic E-state index is -0.305.